The minimum atomic E-state index is -1.08. The van der Waals surface area contributed by atoms with E-state index in [9.17, 15) is 9.18 Å². The smallest absolute Gasteiger partial charge is 0.231 e. The number of aromatic nitrogens is 1. The molecule has 0 aliphatic heterocycles. The maximum atomic E-state index is 14.3. The molecule has 1 amide bonds. The van der Waals surface area contributed by atoms with Crippen molar-refractivity contribution in [3.63, 3.8) is 0 Å². The first-order valence-electron chi connectivity index (χ1n) is 7.43. The summed E-state index contributed by atoms with van der Waals surface area (Å²) in [7, 11) is 0. The number of carbonyl (C=O) groups is 1. The summed E-state index contributed by atoms with van der Waals surface area (Å²) in [6.45, 7) is 0. The number of rotatable bonds is 4. The van der Waals surface area contributed by atoms with Crippen LogP contribution in [-0.2, 0) is 4.79 Å². The molecule has 3 aromatic rings. The third-order valence-electron chi connectivity index (χ3n) is 3.78. The Balaban J connectivity index is 2.11. The number of hydrogen-bond donors (Lipinski definition) is 1. The summed E-state index contributed by atoms with van der Waals surface area (Å²) in [6, 6.07) is 16.5. The lowest BCUT2D eigenvalue weighted by Crippen LogP contribution is -2.24. The lowest BCUT2D eigenvalue weighted by Gasteiger charge is -2.16. The number of halogens is 3. The Bertz CT molecular complexity index is 909. The summed E-state index contributed by atoms with van der Waals surface area (Å²) in [5.74, 6) is -2.41. The Morgan fingerprint density at radius 1 is 1.00 bits per heavy atom. The molecule has 0 aliphatic rings. The average Bonchev–Trinajstić information content (AvgIpc) is 2.58. The van der Waals surface area contributed by atoms with Crippen molar-refractivity contribution in [2.24, 2.45) is 5.73 Å². The van der Waals surface area contributed by atoms with Crippen LogP contribution in [0.4, 0.5) is 4.39 Å². The second kappa shape index (κ2) is 7.21. The van der Waals surface area contributed by atoms with E-state index in [1.807, 2.05) is 12.1 Å². The van der Waals surface area contributed by atoms with Crippen LogP contribution in [0.15, 0.2) is 60.7 Å². The van der Waals surface area contributed by atoms with Gasteiger partial charge in [-0.15, -0.1) is 0 Å². The van der Waals surface area contributed by atoms with E-state index < -0.39 is 17.6 Å². The van der Waals surface area contributed by atoms with Gasteiger partial charge in [-0.25, -0.2) is 4.39 Å². The molecule has 1 atom stereocenters. The zero-order valence-corrected chi connectivity index (χ0v) is 14.4. The first-order chi connectivity index (χ1) is 12.0. The predicted molar refractivity (Wildman–Crippen MR) is 97.1 cm³/mol. The molecule has 0 aliphatic carbocycles. The van der Waals surface area contributed by atoms with Crippen LogP contribution in [0.2, 0.25) is 10.0 Å². The molecule has 3 rings (SSSR count). The number of amides is 1. The first-order valence-corrected chi connectivity index (χ1v) is 8.19. The van der Waals surface area contributed by atoms with Gasteiger partial charge in [0.15, 0.2) is 0 Å². The molecule has 0 fully saturated rings. The van der Waals surface area contributed by atoms with Crippen molar-refractivity contribution in [2.45, 2.75) is 5.92 Å². The van der Waals surface area contributed by atoms with Gasteiger partial charge in [-0.2, -0.15) is 0 Å². The van der Waals surface area contributed by atoms with Crippen molar-refractivity contribution in [3.8, 4) is 11.3 Å². The third kappa shape index (κ3) is 3.65. The summed E-state index contributed by atoms with van der Waals surface area (Å²) < 4.78 is 14.3. The molecule has 1 unspecified atom stereocenters. The quantitative estimate of drug-likeness (QED) is 0.711. The Morgan fingerprint density at radius 3 is 2.32 bits per heavy atom. The van der Waals surface area contributed by atoms with Crippen molar-refractivity contribution >= 4 is 29.1 Å². The van der Waals surface area contributed by atoms with Crippen LogP contribution >= 0.6 is 23.2 Å². The molecule has 2 N–H and O–H groups in total. The molecule has 0 radical (unpaired) electrons. The van der Waals surface area contributed by atoms with Crippen LogP contribution in [0.25, 0.3) is 11.3 Å². The van der Waals surface area contributed by atoms with Gasteiger partial charge in [-0.05, 0) is 36.4 Å². The van der Waals surface area contributed by atoms with E-state index in [2.05, 4.69) is 4.98 Å². The van der Waals surface area contributed by atoms with Crippen LogP contribution in [0.5, 0.6) is 0 Å². The molecule has 2 aromatic carbocycles. The molecule has 126 valence electrons. The second-order valence-electron chi connectivity index (χ2n) is 5.43. The van der Waals surface area contributed by atoms with Gasteiger partial charge in [0.05, 0.1) is 11.4 Å². The van der Waals surface area contributed by atoms with E-state index in [1.54, 1.807) is 30.3 Å². The van der Waals surface area contributed by atoms with Crippen molar-refractivity contribution in [1.29, 1.82) is 0 Å². The molecule has 3 nitrogen and oxygen atoms in total. The van der Waals surface area contributed by atoms with Crippen LogP contribution in [0.1, 0.15) is 17.2 Å². The molecule has 1 heterocycles. The zero-order valence-electron chi connectivity index (χ0n) is 12.9. The Labute approximate surface area is 154 Å². The fourth-order valence-electron chi connectivity index (χ4n) is 2.62. The summed E-state index contributed by atoms with van der Waals surface area (Å²) in [6.07, 6.45) is 0. The third-order valence-corrected chi connectivity index (χ3v) is 4.36. The van der Waals surface area contributed by atoms with Gasteiger partial charge >= 0.3 is 0 Å². The average molecular weight is 375 g/mol. The highest BCUT2D eigenvalue weighted by atomic mass is 35.5. The molecule has 25 heavy (non-hydrogen) atoms. The van der Waals surface area contributed by atoms with Gasteiger partial charge in [-0.3, -0.25) is 9.78 Å². The fourth-order valence-corrected chi connectivity index (χ4v) is 3.01. The van der Waals surface area contributed by atoms with E-state index in [0.29, 0.717) is 16.4 Å². The number of pyridine rings is 1. The molecule has 0 bridgehead atoms. The van der Waals surface area contributed by atoms with Gasteiger partial charge in [0.2, 0.25) is 5.91 Å². The summed E-state index contributed by atoms with van der Waals surface area (Å²) >= 11 is 12.0. The Morgan fingerprint density at radius 2 is 1.68 bits per heavy atom. The molecular formula is C19H13Cl2FN2O. The van der Waals surface area contributed by atoms with Crippen LogP contribution in [-0.4, -0.2) is 10.9 Å². The van der Waals surface area contributed by atoms with Gasteiger partial charge in [0.25, 0.3) is 0 Å². The van der Waals surface area contributed by atoms with Gasteiger partial charge in [0, 0.05) is 21.2 Å². The first kappa shape index (κ1) is 17.4. The lowest BCUT2D eigenvalue weighted by atomic mass is 9.93. The number of primary amides is 1. The summed E-state index contributed by atoms with van der Waals surface area (Å²) in [5.41, 5.74) is 7.31. The maximum absolute atomic E-state index is 14.3. The van der Waals surface area contributed by atoms with E-state index in [4.69, 9.17) is 28.9 Å². The largest absolute Gasteiger partial charge is 0.369 e. The van der Waals surface area contributed by atoms with Gasteiger partial charge in [-0.1, -0.05) is 47.5 Å². The lowest BCUT2D eigenvalue weighted by molar-refractivity contribution is -0.118. The number of carbonyl (C=O) groups excluding carboxylic acids is 1. The van der Waals surface area contributed by atoms with Crippen LogP contribution in [0.3, 0.4) is 0 Å². The zero-order chi connectivity index (χ0) is 18.0. The number of benzene rings is 2. The number of nitrogens with two attached hydrogens (primary N) is 1. The van der Waals surface area contributed by atoms with Gasteiger partial charge < -0.3 is 5.73 Å². The molecular weight excluding hydrogens is 362 g/mol. The summed E-state index contributed by atoms with van der Waals surface area (Å²) in [5, 5.41) is 0.732. The minimum Gasteiger partial charge on any atom is -0.369 e. The molecule has 0 saturated carbocycles. The standard InChI is InChI=1S/C19H13Cl2FN2O/c20-12-9-7-11(8-10-12)15-5-2-6-16(24-15)18(19(23)25)17-13(21)3-1-4-14(17)22/h1-10,18H,(H2,23,25). The summed E-state index contributed by atoms with van der Waals surface area (Å²) in [4.78, 5) is 16.5. The second-order valence-corrected chi connectivity index (χ2v) is 6.27. The van der Waals surface area contributed by atoms with E-state index >= 15 is 0 Å². The number of nitrogens with zero attached hydrogens (tertiary/aromatic N) is 1. The predicted octanol–water partition coefficient (Wildman–Crippen LogP) is 4.81. The topological polar surface area (TPSA) is 56.0 Å². The SMILES string of the molecule is NC(=O)C(c1cccc(-c2ccc(Cl)cc2)n1)c1c(F)cccc1Cl. The van der Waals surface area contributed by atoms with Crippen LogP contribution < -0.4 is 5.73 Å². The van der Waals surface area contributed by atoms with E-state index in [-0.39, 0.29) is 10.6 Å². The molecule has 1 aromatic heterocycles. The van der Waals surface area contributed by atoms with Crippen molar-refractivity contribution in [2.75, 3.05) is 0 Å². The normalized spacial score (nSPS) is 12.0. The molecule has 6 heteroatoms. The maximum Gasteiger partial charge on any atom is 0.231 e. The fraction of sp³-hybridized carbons (Fsp3) is 0.0526. The van der Waals surface area contributed by atoms with E-state index in [0.717, 1.165) is 5.56 Å². The van der Waals surface area contributed by atoms with E-state index in [1.165, 1.54) is 18.2 Å². The van der Waals surface area contributed by atoms with Crippen molar-refractivity contribution in [3.05, 3.63) is 87.8 Å². The number of hydrogen-bond acceptors (Lipinski definition) is 2. The Hall–Kier alpha value is -2.43. The Kier molecular flexibility index (Phi) is 5.02. The highest BCUT2D eigenvalue weighted by Crippen LogP contribution is 2.32. The monoisotopic (exact) mass is 374 g/mol. The molecule has 0 spiro atoms. The van der Waals surface area contributed by atoms with Gasteiger partial charge in [0.1, 0.15) is 11.7 Å². The minimum absolute atomic E-state index is 0.0254. The highest BCUT2D eigenvalue weighted by Gasteiger charge is 2.27. The van der Waals surface area contributed by atoms with Crippen molar-refractivity contribution in [1.82, 2.24) is 4.98 Å². The van der Waals surface area contributed by atoms with Crippen molar-refractivity contribution < 1.29 is 9.18 Å². The van der Waals surface area contributed by atoms with Crippen LogP contribution in [0, 0.1) is 5.82 Å². The molecule has 0 saturated heterocycles. The highest BCUT2D eigenvalue weighted by molar-refractivity contribution is 6.31.